The summed E-state index contributed by atoms with van der Waals surface area (Å²) in [7, 11) is 0. The van der Waals surface area contributed by atoms with Crippen molar-refractivity contribution in [3.63, 3.8) is 0 Å². The van der Waals surface area contributed by atoms with Gasteiger partial charge >= 0.3 is 6.01 Å². The van der Waals surface area contributed by atoms with Crippen LogP contribution in [0.5, 0.6) is 6.01 Å². The highest BCUT2D eigenvalue weighted by Gasteiger charge is 2.16. The molecule has 3 rings (SSSR count). The highest BCUT2D eigenvalue weighted by atomic mass is 16.5. The Labute approximate surface area is 121 Å². The van der Waals surface area contributed by atoms with E-state index in [1.165, 1.54) is 4.68 Å². The molecule has 0 aliphatic carbocycles. The van der Waals surface area contributed by atoms with Crippen LogP contribution in [0.4, 0.5) is 5.95 Å². The van der Waals surface area contributed by atoms with Crippen molar-refractivity contribution in [3.05, 3.63) is 18.5 Å². The van der Waals surface area contributed by atoms with Gasteiger partial charge in [-0.3, -0.25) is 5.43 Å². The van der Waals surface area contributed by atoms with Crippen molar-refractivity contribution in [2.45, 2.75) is 25.4 Å². The van der Waals surface area contributed by atoms with Crippen LogP contribution >= 0.6 is 0 Å². The zero-order chi connectivity index (χ0) is 14.5. The first-order valence-corrected chi connectivity index (χ1v) is 6.82. The smallest absolute Gasteiger partial charge is 0.323 e. The lowest BCUT2D eigenvalue weighted by atomic mass is 10.1. The standard InChI is InChI=1S/C12H17N7O2/c13-18-10-15-11(19-6-3-5-14-19)17-12(16-10)21-8-9-4-1-2-7-20-9/h3,5-6,9H,1-2,4,7-8,13H2,(H,15,16,17,18). The van der Waals surface area contributed by atoms with Crippen molar-refractivity contribution in [1.82, 2.24) is 24.7 Å². The van der Waals surface area contributed by atoms with Crippen LogP contribution in [0.3, 0.4) is 0 Å². The SMILES string of the molecule is NNc1nc(OCC2CCCCO2)nc(-n2cccn2)n1. The predicted molar refractivity (Wildman–Crippen MR) is 73.8 cm³/mol. The van der Waals surface area contributed by atoms with E-state index in [1.807, 2.05) is 0 Å². The molecule has 9 nitrogen and oxygen atoms in total. The maximum atomic E-state index is 5.60. The molecule has 21 heavy (non-hydrogen) atoms. The molecule has 0 saturated carbocycles. The normalized spacial score (nSPS) is 18.4. The lowest BCUT2D eigenvalue weighted by molar-refractivity contribution is -0.0129. The third-order valence-electron chi connectivity index (χ3n) is 3.11. The van der Waals surface area contributed by atoms with Crippen molar-refractivity contribution in [2.75, 3.05) is 18.6 Å². The van der Waals surface area contributed by atoms with E-state index in [2.05, 4.69) is 25.5 Å². The number of hydrazine groups is 1. The van der Waals surface area contributed by atoms with E-state index in [9.17, 15) is 0 Å². The summed E-state index contributed by atoms with van der Waals surface area (Å²) in [6.45, 7) is 1.19. The number of anilines is 1. The maximum absolute atomic E-state index is 5.60. The van der Waals surface area contributed by atoms with Crippen LogP contribution in [0.1, 0.15) is 19.3 Å². The minimum atomic E-state index is 0.0814. The van der Waals surface area contributed by atoms with Crippen LogP contribution in [0.25, 0.3) is 5.95 Å². The molecule has 0 amide bonds. The van der Waals surface area contributed by atoms with Gasteiger partial charge < -0.3 is 9.47 Å². The monoisotopic (exact) mass is 291 g/mol. The topological polar surface area (TPSA) is 113 Å². The molecule has 1 fully saturated rings. The molecule has 9 heteroatoms. The molecule has 0 bridgehead atoms. The second-order valence-electron chi connectivity index (χ2n) is 4.64. The Morgan fingerprint density at radius 2 is 2.33 bits per heavy atom. The molecule has 3 heterocycles. The number of aromatic nitrogens is 5. The Balaban J connectivity index is 1.73. The second kappa shape index (κ2) is 6.46. The van der Waals surface area contributed by atoms with E-state index < -0.39 is 0 Å². The minimum Gasteiger partial charge on any atom is -0.461 e. The van der Waals surface area contributed by atoms with Crippen LogP contribution in [0.2, 0.25) is 0 Å². The van der Waals surface area contributed by atoms with E-state index >= 15 is 0 Å². The predicted octanol–water partition coefficient (Wildman–Crippen LogP) is 0.291. The number of nitrogen functional groups attached to an aromatic ring is 1. The lowest BCUT2D eigenvalue weighted by Crippen LogP contribution is -2.26. The summed E-state index contributed by atoms with van der Waals surface area (Å²) in [4.78, 5) is 12.4. The summed E-state index contributed by atoms with van der Waals surface area (Å²) in [5.41, 5.74) is 2.39. The van der Waals surface area contributed by atoms with Gasteiger partial charge in [-0.25, -0.2) is 10.5 Å². The van der Waals surface area contributed by atoms with Gasteiger partial charge in [0.05, 0.1) is 6.10 Å². The first-order valence-electron chi connectivity index (χ1n) is 6.82. The van der Waals surface area contributed by atoms with Gasteiger partial charge in [-0.15, -0.1) is 0 Å². The van der Waals surface area contributed by atoms with E-state index in [0.29, 0.717) is 12.6 Å². The number of hydrogen-bond acceptors (Lipinski definition) is 8. The molecule has 3 N–H and O–H groups in total. The molecule has 2 aromatic heterocycles. The van der Waals surface area contributed by atoms with Gasteiger partial charge in [0.1, 0.15) is 6.61 Å². The number of nitrogens with zero attached hydrogens (tertiary/aromatic N) is 5. The molecule has 0 radical (unpaired) electrons. The van der Waals surface area contributed by atoms with Gasteiger partial charge in [0, 0.05) is 19.0 Å². The number of nitrogens with one attached hydrogen (secondary N) is 1. The summed E-state index contributed by atoms with van der Waals surface area (Å²) < 4.78 is 12.7. The van der Waals surface area contributed by atoms with Gasteiger partial charge in [0.15, 0.2) is 0 Å². The largest absolute Gasteiger partial charge is 0.461 e. The molecule has 2 aromatic rings. The first kappa shape index (κ1) is 13.7. The summed E-state index contributed by atoms with van der Waals surface area (Å²) in [6, 6.07) is 1.97. The van der Waals surface area contributed by atoms with Crippen molar-refractivity contribution >= 4 is 5.95 Å². The molecule has 1 saturated heterocycles. The van der Waals surface area contributed by atoms with Crippen molar-refractivity contribution < 1.29 is 9.47 Å². The van der Waals surface area contributed by atoms with Gasteiger partial charge in [-0.2, -0.15) is 20.1 Å². The molecule has 1 aliphatic rings. The summed E-state index contributed by atoms with van der Waals surface area (Å²) in [5.74, 6) is 5.92. The average molecular weight is 291 g/mol. The van der Waals surface area contributed by atoms with E-state index in [0.717, 1.165) is 25.9 Å². The Morgan fingerprint density at radius 3 is 3.05 bits per heavy atom. The zero-order valence-electron chi connectivity index (χ0n) is 11.5. The second-order valence-corrected chi connectivity index (χ2v) is 4.64. The maximum Gasteiger partial charge on any atom is 0.323 e. The van der Waals surface area contributed by atoms with Crippen LogP contribution in [0, 0.1) is 0 Å². The Hall–Kier alpha value is -2.26. The van der Waals surface area contributed by atoms with E-state index in [4.69, 9.17) is 15.3 Å². The van der Waals surface area contributed by atoms with Crippen LogP contribution in [-0.2, 0) is 4.74 Å². The molecular formula is C12H17N7O2. The highest BCUT2D eigenvalue weighted by Crippen LogP contribution is 2.15. The Bertz CT molecular complexity index is 569. The fraction of sp³-hybridized carbons (Fsp3) is 0.500. The van der Waals surface area contributed by atoms with Crippen LogP contribution in [0.15, 0.2) is 18.5 Å². The summed E-state index contributed by atoms with van der Waals surface area (Å²) in [5, 5.41) is 4.07. The Kier molecular flexibility index (Phi) is 4.22. The minimum absolute atomic E-state index is 0.0814. The highest BCUT2D eigenvalue weighted by molar-refractivity contribution is 5.28. The molecular weight excluding hydrogens is 274 g/mol. The van der Waals surface area contributed by atoms with Gasteiger partial charge in [0.25, 0.3) is 5.95 Å². The van der Waals surface area contributed by atoms with Gasteiger partial charge in [0.2, 0.25) is 5.95 Å². The van der Waals surface area contributed by atoms with Crippen molar-refractivity contribution in [3.8, 4) is 12.0 Å². The fourth-order valence-corrected chi connectivity index (χ4v) is 2.07. The fourth-order valence-electron chi connectivity index (χ4n) is 2.07. The molecule has 1 aliphatic heterocycles. The molecule has 0 aromatic carbocycles. The van der Waals surface area contributed by atoms with Crippen molar-refractivity contribution in [1.29, 1.82) is 0 Å². The van der Waals surface area contributed by atoms with Crippen LogP contribution < -0.4 is 16.0 Å². The van der Waals surface area contributed by atoms with Gasteiger partial charge in [-0.1, -0.05) is 0 Å². The zero-order valence-corrected chi connectivity index (χ0v) is 11.5. The van der Waals surface area contributed by atoms with Crippen molar-refractivity contribution in [2.24, 2.45) is 5.84 Å². The molecule has 1 unspecified atom stereocenters. The van der Waals surface area contributed by atoms with E-state index in [-0.39, 0.29) is 18.1 Å². The number of rotatable bonds is 5. The molecule has 112 valence electrons. The molecule has 1 atom stereocenters. The number of hydrogen-bond donors (Lipinski definition) is 2. The number of ether oxygens (including phenoxy) is 2. The first-order chi connectivity index (χ1) is 10.3. The van der Waals surface area contributed by atoms with Gasteiger partial charge in [-0.05, 0) is 25.3 Å². The summed E-state index contributed by atoms with van der Waals surface area (Å²) >= 11 is 0. The quantitative estimate of drug-likeness (QED) is 0.597. The average Bonchev–Trinajstić information content (AvgIpc) is 3.08. The van der Waals surface area contributed by atoms with E-state index in [1.54, 1.807) is 18.5 Å². The number of nitrogens with two attached hydrogens (primary N) is 1. The molecule has 0 spiro atoms. The third kappa shape index (κ3) is 3.44. The Morgan fingerprint density at radius 1 is 1.38 bits per heavy atom. The van der Waals surface area contributed by atoms with Crippen LogP contribution in [-0.4, -0.2) is 44.1 Å². The lowest BCUT2D eigenvalue weighted by Gasteiger charge is -2.22. The third-order valence-corrected chi connectivity index (χ3v) is 3.11. The summed E-state index contributed by atoms with van der Waals surface area (Å²) in [6.07, 6.45) is 6.68.